The number of rotatable bonds is 6. The summed E-state index contributed by atoms with van der Waals surface area (Å²) >= 11 is 0. The molecule has 1 heterocycles. The molecule has 0 aliphatic heterocycles. The summed E-state index contributed by atoms with van der Waals surface area (Å²) in [5.74, 6) is -1.34. The largest absolute Gasteiger partial charge is 0.481 e. The van der Waals surface area contributed by atoms with Crippen molar-refractivity contribution in [2.24, 2.45) is 0 Å². The van der Waals surface area contributed by atoms with Gasteiger partial charge in [-0.15, -0.1) is 0 Å². The van der Waals surface area contributed by atoms with Crippen molar-refractivity contribution in [2.45, 2.75) is 38.6 Å². The first kappa shape index (κ1) is 15.9. The van der Waals surface area contributed by atoms with Gasteiger partial charge in [-0.05, 0) is 25.0 Å². The van der Waals surface area contributed by atoms with Gasteiger partial charge in [-0.25, -0.2) is 4.98 Å². The van der Waals surface area contributed by atoms with Crippen LogP contribution in [0.15, 0.2) is 30.5 Å². The lowest BCUT2D eigenvalue weighted by Gasteiger charge is -2.31. The van der Waals surface area contributed by atoms with Crippen LogP contribution in [0.25, 0.3) is 11.0 Å². The quantitative estimate of drug-likeness (QED) is 0.854. The standard InChI is InChI=1S/C16H19N3O3/c1-3-16(4-2,9-14(20)21)19-15(22)13-10-17-11-7-5-6-8-12(11)18-13/h5-8,10H,3-4,9H2,1-2H3,(H,19,22)(H,20,21). The normalized spacial score (nSPS) is 11.4. The summed E-state index contributed by atoms with van der Waals surface area (Å²) in [5.41, 5.74) is 0.764. The average molecular weight is 301 g/mol. The highest BCUT2D eigenvalue weighted by atomic mass is 16.4. The summed E-state index contributed by atoms with van der Waals surface area (Å²) in [7, 11) is 0. The molecule has 6 heteroatoms. The molecule has 0 radical (unpaired) electrons. The molecule has 6 nitrogen and oxygen atoms in total. The van der Waals surface area contributed by atoms with Gasteiger partial charge in [0.1, 0.15) is 5.69 Å². The maximum absolute atomic E-state index is 12.4. The minimum atomic E-state index is -0.936. The molecule has 22 heavy (non-hydrogen) atoms. The predicted octanol–water partition coefficient (Wildman–Crippen LogP) is 2.39. The summed E-state index contributed by atoms with van der Waals surface area (Å²) in [4.78, 5) is 31.9. The molecule has 0 bridgehead atoms. The number of hydrogen-bond donors (Lipinski definition) is 2. The molecule has 116 valence electrons. The van der Waals surface area contributed by atoms with Gasteiger partial charge in [-0.1, -0.05) is 26.0 Å². The van der Waals surface area contributed by atoms with Gasteiger partial charge in [0.05, 0.1) is 29.2 Å². The molecule has 1 amide bonds. The van der Waals surface area contributed by atoms with Crippen LogP contribution in [0.4, 0.5) is 0 Å². The van der Waals surface area contributed by atoms with Crippen molar-refractivity contribution in [3.8, 4) is 0 Å². The van der Waals surface area contributed by atoms with E-state index in [1.54, 1.807) is 6.07 Å². The molecule has 2 aromatic rings. The number of aliphatic carboxylic acids is 1. The van der Waals surface area contributed by atoms with Gasteiger partial charge in [0.25, 0.3) is 5.91 Å². The number of hydrogen-bond acceptors (Lipinski definition) is 4. The minimum Gasteiger partial charge on any atom is -0.481 e. The van der Waals surface area contributed by atoms with Gasteiger partial charge in [0.2, 0.25) is 0 Å². The van der Waals surface area contributed by atoms with Gasteiger partial charge in [-0.2, -0.15) is 0 Å². The molecule has 0 unspecified atom stereocenters. The summed E-state index contributed by atoms with van der Waals surface area (Å²) in [6.07, 6.45) is 2.35. The molecule has 0 fully saturated rings. The highest BCUT2D eigenvalue weighted by molar-refractivity contribution is 5.94. The Bertz CT molecular complexity index is 696. The van der Waals surface area contributed by atoms with E-state index in [1.165, 1.54) is 6.20 Å². The Morgan fingerprint density at radius 2 is 1.82 bits per heavy atom. The Kier molecular flexibility index (Phi) is 4.70. The van der Waals surface area contributed by atoms with Crippen molar-refractivity contribution in [2.75, 3.05) is 0 Å². The number of carboxylic acid groups (broad SMARTS) is 1. The molecule has 1 aromatic carbocycles. The molecule has 0 atom stereocenters. The lowest BCUT2D eigenvalue weighted by atomic mass is 9.89. The van der Waals surface area contributed by atoms with Gasteiger partial charge in [0.15, 0.2) is 0 Å². The summed E-state index contributed by atoms with van der Waals surface area (Å²) in [6.45, 7) is 3.72. The second kappa shape index (κ2) is 6.51. The summed E-state index contributed by atoms with van der Waals surface area (Å²) < 4.78 is 0. The topological polar surface area (TPSA) is 92.2 Å². The van der Waals surface area contributed by atoms with Crippen molar-refractivity contribution in [1.29, 1.82) is 0 Å². The van der Waals surface area contributed by atoms with Gasteiger partial charge in [-0.3, -0.25) is 14.6 Å². The molecular formula is C16H19N3O3. The summed E-state index contributed by atoms with van der Waals surface area (Å²) in [5, 5.41) is 11.9. The smallest absolute Gasteiger partial charge is 0.305 e. The molecule has 0 saturated carbocycles. The van der Waals surface area contributed by atoms with Crippen LogP contribution in [0, 0.1) is 0 Å². The molecular weight excluding hydrogens is 282 g/mol. The molecule has 1 aromatic heterocycles. The maximum atomic E-state index is 12.4. The van der Waals surface area contributed by atoms with Crippen LogP contribution in [-0.4, -0.2) is 32.5 Å². The Morgan fingerprint density at radius 1 is 1.18 bits per heavy atom. The second-order valence-electron chi connectivity index (χ2n) is 5.26. The van der Waals surface area contributed by atoms with E-state index in [1.807, 2.05) is 32.0 Å². The zero-order valence-electron chi connectivity index (χ0n) is 12.7. The van der Waals surface area contributed by atoms with Crippen LogP contribution in [0.5, 0.6) is 0 Å². The van der Waals surface area contributed by atoms with Crippen LogP contribution >= 0.6 is 0 Å². The minimum absolute atomic E-state index is 0.118. The molecule has 0 aliphatic rings. The molecule has 2 N–H and O–H groups in total. The zero-order valence-corrected chi connectivity index (χ0v) is 12.7. The maximum Gasteiger partial charge on any atom is 0.305 e. The van der Waals surface area contributed by atoms with Crippen molar-refractivity contribution < 1.29 is 14.7 Å². The first-order valence-corrected chi connectivity index (χ1v) is 7.26. The lowest BCUT2D eigenvalue weighted by Crippen LogP contribution is -2.49. The van der Waals surface area contributed by atoms with Crippen molar-refractivity contribution in [3.05, 3.63) is 36.2 Å². The fourth-order valence-corrected chi connectivity index (χ4v) is 2.38. The van der Waals surface area contributed by atoms with E-state index < -0.39 is 17.4 Å². The SMILES string of the molecule is CCC(CC)(CC(=O)O)NC(=O)c1cnc2ccccc2n1. The first-order valence-electron chi connectivity index (χ1n) is 7.26. The molecule has 0 saturated heterocycles. The number of nitrogens with zero attached hydrogens (tertiary/aromatic N) is 2. The van der Waals surface area contributed by atoms with Crippen LogP contribution in [0.3, 0.4) is 0 Å². The second-order valence-corrected chi connectivity index (χ2v) is 5.26. The van der Waals surface area contributed by atoms with Gasteiger partial charge < -0.3 is 10.4 Å². The number of carbonyl (C=O) groups excluding carboxylic acids is 1. The van der Waals surface area contributed by atoms with Crippen LogP contribution in [0.2, 0.25) is 0 Å². The van der Waals surface area contributed by atoms with Crippen LogP contribution in [0.1, 0.15) is 43.6 Å². The number of carboxylic acids is 1. The molecule has 2 rings (SSSR count). The fourth-order valence-electron chi connectivity index (χ4n) is 2.38. The first-order chi connectivity index (χ1) is 10.5. The van der Waals surface area contributed by atoms with E-state index >= 15 is 0 Å². The fraction of sp³-hybridized carbons (Fsp3) is 0.375. The third-order valence-electron chi connectivity index (χ3n) is 3.90. The number of benzene rings is 1. The number of nitrogens with one attached hydrogen (secondary N) is 1. The van der Waals surface area contributed by atoms with E-state index in [9.17, 15) is 9.59 Å². The third-order valence-corrected chi connectivity index (χ3v) is 3.90. The van der Waals surface area contributed by atoms with E-state index in [-0.39, 0.29) is 12.1 Å². The number of amides is 1. The third kappa shape index (κ3) is 3.39. The predicted molar refractivity (Wildman–Crippen MR) is 82.6 cm³/mol. The highest BCUT2D eigenvalue weighted by Gasteiger charge is 2.31. The summed E-state index contributed by atoms with van der Waals surface area (Å²) in [6, 6.07) is 7.27. The van der Waals surface area contributed by atoms with Crippen LogP contribution < -0.4 is 5.32 Å². The lowest BCUT2D eigenvalue weighted by molar-refractivity contribution is -0.138. The van der Waals surface area contributed by atoms with Gasteiger partial charge in [0, 0.05) is 0 Å². The highest BCUT2D eigenvalue weighted by Crippen LogP contribution is 2.20. The molecule has 0 aliphatic carbocycles. The number of fused-ring (bicyclic) bond motifs is 1. The Hall–Kier alpha value is -2.50. The number of para-hydroxylation sites is 2. The number of carbonyl (C=O) groups is 2. The van der Waals surface area contributed by atoms with Gasteiger partial charge >= 0.3 is 5.97 Å². The van der Waals surface area contributed by atoms with Crippen molar-refractivity contribution >= 4 is 22.9 Å². The zero-order chi connectivity index (χ0) is 16.2. The Morgan fingerprint density at radius 3 is 2.41 bits per heavy atom. The van der Waals surface area contributed by atoms with E-state index in [0.29, 0.717) is 23.9 Å². The van der Waals surface area contributed by atoms with Crippen LogP contribution in [-0.2, 0) is 4.79 Å². The van der Waals surface area contributed by atoms with Crippen molar-refractivity contribution in [1.82, 2.24) is 15.3 Å². The van der Waals surface area contributed by atoms with E-state index in [4.69, 9.17) is 5.11 Å². The Labute approximate surface area is 128 Å². The van der Waals surface area contributed by atoms with E-state index in [0.717, 1.165) is 0 Å². The van der Waals surface area contributed by atoms with E-state index in [2.05, 4.69) is 15.3 Å². The van der Waals surface area contributed by atoms with Crippen molar-refractivity contribution in [3.63, 3.8) is 0 Å². The monoisotopic (exact) mass is 301 g/mol. The Balaban J connectivity index is 2.26. The number of aromatic nitrogens is 2. The average Bonchev–Trinajstić information content (AvgIpc) is 2.53. The molecule has 0 spiro atoms.